The van der Waals surface area contributed by atoms with Crippen molar-refractivity contribution < 1.29 is 14.3 Å². The number of rotatable bonds is 5. The van der Waals surface area contributed by atoms with E-state index in [0.717, 1.165) is 17.1 Å². The topological polar surface area (TPSA) is 35.5 Å². The molecule has 86 valence electrons. The number of benzene rings is 1. The Morgan fingerprint density at radius 1 is 1.31 bits per heavy atom. The molecule has 0 heterocycles. The van der Waals surface area contributed by atoms with E-state index in [1.807, 2.05) is 24.3 Å². The molecule has 16 heavy (non-hydrogen) atoms. The Labute approximate surface area is 95.7 Å². The molecule has 0 saturated heterocycles. The highest BCUT2D eigenvalue weighted by Crippen LogP contribution is 2.24. The van der Waals surface area contributed by atoms with Gasteiger partial charge in [0.2, 0.25) is 0 Å². The lowest BCUT2D eigenvalue weighted by Gasteiger charge is -2.08. The van der Waals surface area contributed by atoms with Crippen LogP contribution in [0.25, 0.3) is 0 Å². The predicted molar refractivity (Wildman–Crippen MR) is 63.1 cm³/mol. The van der Waals surface area contributed by atoms with Crippen molar-refractivity contribution in [3.8, 4) is 11.5 Å². The van der Waals surface area contributed by atoms with Gasteiger partial charge in [0, 0.05) is 5.56 Å². The fourth-order valence-corrected chi connectivity index (χ4v) is 1.39. The second kappa shape index (κ2) is 5.95. The van der Waals surface area contributed by atoms with Gasteiger partial charge in [-0.1, -0.05) is 6.08 Å². The number of allylic oxidation sites excluding steroid dienone is 2. The maximum absolute atomic E-state index is 10.8. The Balaban J connectivity index is 2.87. The van der Waals surface area contributed by atoms with E-state index in [1.54, 1.807) is 20.3 Å². The van der Waals surface area contributed by atoms with Gasteiger partial charge < -0.3 is 9.47 Å². The quantitative estimate of drug-likeness (QED) is 0.715. The zero-order chi connectivity index (χ0) is 12.0. The van der Waals surface area contributed by atoms with E-state index in [9.17, 15) is 4.79 Å². The van der Waals surface area contributed by atoms with Crippen LogP contribution in [0.5, 0.6) is 11.5 Å². The van der Waals surface area contributed by atoms with Crippen LogP contribution in [0.3, 0.4) is 0 Å². The summed E-state index contributed by atoms with van der Waals surface area (Å²) in [7, 11) is 3.25. The van der Waals surface area contributed by atoms with E-state index < -0.39 is 0 Å². The third-order valence-corrected chi connectivity index (χ3v) is 2.18. The molecule has 0 unspecified atom stereocenters. The number of hydrogen-bond acceptors (Lipinski definition) is 3. The average molecular weight is 220 g/mol. The summed E-state index contributed by atoms with van der Waals surface area (Å²) >= 11 is 0. The molecular formula is C13H16O3. The highest BCUT2D eigenvalue weighted by atomic mass is 16.5. The summed E-state index contributed by atoms with van der Waals surface area (Å²) in [5.41, 5.74) is 0.999. The van der Waals surface area contributed by atoms with Crippen LogP contribution in [0, 0.1) is 0 Å². The summed E-state index contributed by atoms with van der Waals surface area (Å²) in [6, 6.07) is 5.61. The predicted octanol–water partition coefficient (Wildman–Crippen LogP) is 2.39. The highest BCUT2D eigenvalue weighted by Gasteiger charge is 2.03. The van der Waals surface area contributed by atoms with Gasteiger partial charge in [0.25, 0.3) is 0 Å². The standard InChI is InChI=1S/C13H16O3/c1-10(14)5-4-6-11-9-12(15-2)7-8-13(11)16-3/h4-5,7-9H,6H2,1-3H3. The van der Waals surface area contributed by atoms with Crippen molar-refractivity contribution in [2.45, 2.75) is 13.3 Å². The molecule has 1 rings (SSSR count). The molecule has 1 aromatic rings. The zero-order valence-corrected chi connectivity index (χ0v) is 9.82. The molecule has 0 N–H and O–H groups in total. The Hall–Kier alpha value is -1.77. The van der Waals surface area contributed by atoms with Crippen molar-refractivity contribution >= 4 is 5.78 Å². The molecule has 3 heteroatoms. The smallest absolute Gasteiger partial charge is 0.152 e. The first-order valence-electron chi connectivity index (χ1n) is 5.05. The summed E-state index contributed by atoms with van der Waals surface area (Å²) in [6.45, 7) is 1.53. The molecule has 1 aromatic carbocycles. The minimum atomic E-state index is 0.0434. The number of hydrogen-bond donors (Lipinski definition) is 0. The van der Waals surface area contributed by atoms with Crippen molar-refractivity contribution in [1.82, 2.24) is 0 Å². The van der Waals surface area contributed by atoms with Crippen LogP contribution < -0.4 is 9.47 Å². The largest absolute Gasteiger partial charge is 0.497 e. The number of ether oxygens (including phenoxy) is 2. The molecule has 3 nitrogen and oxygen atoms in total. The van der Waals surface area contributed by atoms with Gasteiger partial charge in [-0.25, -0.2) is 0 Å². The van der Waals surface area contributed by atoms with Gasteiger partial charge in [-0.15, -0.1) is 0 Å². The van der Waals surface area contributed by atoms with Crippen LogP contribution in [-0.2, 0) is 11.2 Å². The lowest BCUT2D eigenvalue weighted by molar-refractivity contribution is -0.112. The van der Waals surface area contributed by atoms with E-state index in [-0.39, 0.29) is 5.78 Å². The Morgan fingerprint density at radius 3 is 2.62 bits per heavy atom. The SMILES string of the molecule is COc1ccc(OC)c(CC=CC(C)=O)c1. The fraction of sp³-hybridized carbons (Fsp3) is 0.308. The van der Waals surface area contributed by atoms with Gasteiger partial charge in [0.05, 0.1) is 14.2 Å². The number of ketones is 1. The fourth-order valence-electron chi connectivity index (χ4n) is 1.39. The minimum absolute atomic E-state index is 0.0434. The zero-order valence-electron chi connectivity index (χ0n) is 9.82. The Kier molecular flexibility index (Phi) is 4.58. The number of carbonyl (C=O) groups excluding carboxylic acids is 1. The van der Waals surface area contributed by atoms with Gasteiger partial charge in [0.15, 0.2) is 5.78 Å². The maximum atomic E-state index is 10.8. The van der Waals surface area contributed by atoms with Crippen LogP contribution in [-0.4, -0.2) is 20.0 Å². The monoisotopic (exact) mass is 220 g/mol. The molecule has 0 bridgehead atoms. The van der Waals surface area contributed by atoms with E-state index in [2.05, 4.69) is 0 Å². The van der Waals surface area contributed by atoms with Gasteiger partial charge in [-0.3, -0.25) is 4.79 Å². The summed E-state index contributed by atoms with van der Waals surface area (Å²) < 4.78 is 10.4. The Morgan fingerprint density at radius 2 is 2.06 bits per heavy atom. The van der Waals surface area contributed by atoms with Crippen LogP contribution in [0.2, 0.25) is 0 Å². The molecular weight excluding hydrogens is 204 g/mol. The second-order valence-corrected chi connectivity index (χ2v) is 3.39. The lowest BCUT2D eigenvalue weighted by atomic mass is 10.1. The van der Waals surface area contributed by atoms with Crippen molar-refractivity contribution in [3.63, 3.8) is 0 Å². The third kappa shape index (κ3) is 3.42. The number of carbonyl (C=O) groups is 1. The first-order valence-corrected chi connectivity index (χ1v) is 5.05. The molecule has 0 saturated carbocycles. The summed E-state index contributed by atoms with van der Waals surface area (Å²) in [5.74, 6) is 1.63. The molecule has 0 amide bonds. The van der Waals surface area contributed by atoms with Crippen LogP contribution >= 0.6 is 0 Å². The molecule has 0 aliphatic rings. The van der Waals surface area contributed by atoms with Crippen molar-refractivity contribution in [1.29, 1.82) is 0 Å². The number of methoxy groups -OCH3 is 2. The molecule has 0 spiro atoms. The summed E-state index contributed by atoms with van der Waals surface area (Å²) in [5, 5.41) is 0. The van der Waals surface area contributed by atoms with Gasteiger partial charge in [0.1, 0.15) is 11.5 Å². The van der Waals surface area contributed by atoms with Crippen molar-refractivity contribution in [2.75, 3.05) is 14.2 Å². The van der Waals surface area contributed by atoms with Crippen molar-refractivity contribution in [3.05, 3.63) is 35.9 Å². The molecule has 0 radical (unpaired) electrons. The maximum Gasteiger partial charge on any atom is 0.152 e. The lowest BCUT2D eigenvalue weighted by Crippen LogP contribution is -1.93. The molecule has 0 aliphatic heterocycles. The minimum Gasteiger partial charge on any atom is -0.497 e. The second-order valence-electron chi connectivity index (χ2n) is 3.39. The third-order valence-electron chi connectivity index (χ3n) is 2.18. The summed E-state index contributed by atoms with van der Waals surface area (Å²) in [6.07, 6.45) is 4.03. The van der Waals surface area contributed by atoms with E-state index in [0.29, 0.717) is 6.42 Å². The summed E-state index contributed by atoms with van der Waals surface area (Å²) in [4.78, 5) is 10.8. The molecule has 0 aromatic heterocycles. The average Bonchev–Trinajstić information content (AvgIpc) is 2.28. The van der Waals surface area contributed by atoms with Crippen LogP contribution in [0.4, 0.5) is 0 Å². The van der Waals surface area contributed by atoms with E-state index in [4.69, 9.17) is 9.47 Å². The highest BCUT2D eigenvalue weighted by molar-refractivity contribution is 5.87. The molecule has 0 aliphatic carbocycles. The van der Waals surface area contributed by atoms with E-state index >= 15 is 0 Å². The van der Waals surface area contributed by atoms with Gasteiger partial charge in [-0.2, -0.15) is 0 Å². The molecule has 0 atom stereocenters. The van der Waals surface area contributed by atoms with Crippen LogP contribution in [0.1, 0.15) is 12.5 Å². The van der Waals surface area contributed by atoms with Gasteiger partial charge in [-0.05, 0) is 37.6 Å². The first kappa shape index (κ1) is 12.3. The van der Waals surface area contributed by atoms with E-state index in [1.165, 1.54) is 6.92 Å². The first-order chi connectivity index (χ1) is 7.67. The molecule has 0 fully saturated rings. The van der Waals surface area contributed by atoms with Crippen molar-refractivity contribution in [2.24, 2.45) is 0 Å². The Bertz CT molecular complexity index is 394. The normalized spacial score (nSPS) is 10.4. The van der Waals surface area contributed by atoms with Crippen LogP contribution in [0.15, 0.2) is 30.4 Å². The van der Waals surface area contributed by atoms with Gasteiger partial charge >= 0.3 is 0 Å².